The topological polar surface area (TPSA) is 84.5 Å². The third-order valence-electron chi connectivity index (χ3n) is 3.78. The fourth-order valence-electron chi connectivity index (χ4n) is 2.24. The van der Waals surface area contributed by atoms with E-state index in [-0.39, 0.29) is 37.2 Å². The van der Waals surface area contributed by atoms with Crippen LogP contribution >= 0.6 is 15.9 Å². The number of ether oxygens (including phenoxy) is 1. The summed E-state index contributed by atoms with van der Waals surface area (Å²) >= 11 is 3.37. The Bertz CT molecular complexity index is 834. The van der Waals surface area contributed by atoms with E-state index in [1.807, 2.05) is 25.1 Å². The molecule has 0 aromatic heterocycles. The maximum absolute atomic E-state index is 12.0. The van der Waals surface area contributed by atoms with Gasteiger partial charge in [-0.2, -0.15) is 0 Å². The van der Waals surface area contributed by atoms with Crippen LogP contribution in [0.4, 0.5) is 5.69 Å². The molecule has 0 heterocycles. The summed E-state index contributed by atoms with van der Waals surface area (Å²) in [5.74, 6) is -0.0389. The minimum absolute atomic E-state index is 0.0318. The van der Waals surface area contributed by atoms with Crippen molar-refractivity contribution in [1.82, 2.24) is 5.32 Å². The number of halogens is 1. The van der Waals surface area contributed by atoms with Gasteiger partial charge in [0.2, 0.25) is 5.91 Å². The fourth-order valence-corrected chi connectivity index (χ4v) is 2.60. The Balaban J connectivity index is 1.70. The SMILES string of the molecule is CC(=O)c1ccc(OCC(=O)NCCC(=O)Nc2cc(Br)ccc2C)cc1. The van der Waals surface area contributed by atoms with Crippen LogP contribution in [0.1, 0.15) is 29.3 Å². The lowest BCUT2D eigenvalue weighted by Gasteiger charge is -2.10. The molecule has 0 spiro atoms. The first-order valence-electron chi connectivity index (χ1n) is 8.41. The van der Waals surface area contributed by atoms with Crippen LogP contribution in [0.15, 0.2) is 46.9 Å². The Morgan fingerprint density at radius 1 is 1.04 bits per heavy atom. The van der Waals surface area contributed by atoms with Crippen molar-refractivity contribution >= 4 is 39.2 Å². The molecule has 2 rings (SSSR count). The van der Waals surface area contributed by atoms with Crippen LogP contribution in [-0.4, -0.2) is 30.7 Å². The van der Waals surface area contributed by atoms with Crippen molar-refractivity contribution in [3.05, 3.63) is 58.1 Å². The van der Waals surface area contributed by atoms with E-state index in [0.29, 0.717) is 11.3 Å². The van der Waals surface area contributed by atoms with E-state index in [2.05, 4.69) is 26.6 Å². The van der Waals surface area contributed by atoms with Crippen LogP contribution in [0.3, 0.4) is 0 Å². The van der Waals surface area contributed by atoms with Gasteiger partial charge in [-0.3, -0.25) is 14.4 Å². The molecule has 0 aliphatic carbocycles. The molecule has 2 aromatic carbocycles. The van der Waals surface area contributed by atoms with Gasteiger partial charge in [-0.25, -0.2) is 0 Å². The predicted molar refractivity (Wildman–Crippen MR) is 107 cm³/mol. The second kappa shape index (κ2) is 9.87. The highest BCUT2D eigenvalue weighted by atomic mass is 79.9. The molecule has 7 heteroatoms. The Morgan fingerprint density at radius 2 is 1.74 bits per heavy atom. The number of amides is 2. The highest BCUT2D eigenvalue weighted by molar-refractivity contribution is 9.10. The molecule has 0 radical (unpaired) electrons. The molecule has 0 aliphatic heterocycles. The zero-order chi connectivity index (χ0) is 19.8. The van der Waals surface area contributed by atoms with Gasteiger partial charge in [-0.05, 0) is 55.8 Å². The smallest absolute Gasteiger partial charge is 0.257 e. The number of Topliss-reactive ketones (excluding diaryl/α,β-unsaturated/α-hetero) is 1. The Labute approximate surface area is 166 Å². The maximum atomic E-state index is 12.0. The molecule has 2 aromatic rings. The third-order valence-corrected chi connectivity index (χ3v) is 4.27. The van der Waals surface area contributed by atoms with Crippen molar-refractivity contribution in [2.24, 2.45) is 0 Å². The summed E-state index contributed by atoms with van der Waals surface area (Å²) < 4.78 is 6.24. The highest BCUT2D eigenvalue weighted by Gasteiger charge is 2.08. The van der Waals surface area contributed by atoms with Gasteiger partial charge in [0.25, 0.3) is 5.91 Å². The summed E-state index contributed by atoms with van der Waals surface area (Å²) in [6, 6.07) is 12.2. The summed E-state index contributed by atoms with van der Waals surface area (Å²) in [6.07, 6.45) is 0.158. The van der Waals surface area contributed by atoms with Crippen LogP contribution in [0.2, 0.25) is 0 Å². The second-order valence-electron chi connectivity index (χ2n) is 5.98. The first-order valence-corrected chi connectivity index (χ1v) is 9.21. The summed E-state index contributed by atoms with van der Waals surface area (Å²) in [6.45, 7) is 3.44. The summed E-state index contributed by atoms with van der Waals surface area (Å²) in [5, 5.41) is 5.46. The second-order valence-corrected chi connectivity index (χ2v) is 6.89. The van der Waals surface area contributed by atoms with Crippen LogP contribution in [-0.2, 0) is 9.59 Å². The van der Waals surface area contributed by atoms with Crippen molar-refractivity contribution in [3.63, 3.8) is 0 Å². The van der Waals surface area contributed by atoms with Gasteiger partial charge in [0, 0.05) is 28.7 Å². The number of hydrogen-bond acceptors (Lipinski definition) is 4. The van der Waals surface area contributed by atoms with Gasteiger partial charge >= 0.3 is 0 Å². The van der Waals surface area contributed by atoms with Gasteiger partial charge in [0.05, 0.1) is 0 Å². The van der Waals surface area contributed by atoms with E-state index in [1.165, 1.54) is 6.92 Å². The number of hydrogen-bond donors (Lipinski definition) is 2. The molecular weight excluding hydrogens is 412 g/mol. The largest absolute Gasteiger partial charge is 0.484 e. The molecule has 2 N–H and O–H groups in total. The van der Waals surface area contributed by atoms with E-state index in [4.69, 9.17) is 4.74 Å². The Hall–Kier alpha value is -2.67. The van der Waals surface area contributed by atoms with E-state index in [0.717, 1.165) is 15.7 Å². The number of aryl methyl sites for hydroxylation is 1. The summed E-state index contributed by atoms with van der Waals surface area (Å²) in [4.78, 5) is 35.0. The number of carbonyl (C=O) groups is 3. The monoisotopic (exact) mass is 432 g/mol. The lowest BCUT2D eigenvalue weighted by molar-refractivity contribution is -0.123. The quantitative estimate of drug-likeness (QED) is 0.625. The number of anilines is 1. The van der Waals surface area contributed by atoms with Crippen LogP contribution < -0.4 is 15.4 Å². The maximum Gasteiger partial charge on any atom is 0.257 e. The number of benzene rings is 2. The minimum Gasteiger partial charge on any atom is -0.484 e. The molecule has 0 saturated carbocycles. The standard InChI is InChI=1S/C20H21BrN2O4/c1-13-3-6-16(21)11-18(13)23-19(25)9-10-22-20(26)12-27-17-7-4-15(5-8-17)14(2)24/h3-8,11H,9-10,12H2,1-2H3,(H,22,26)(H,23,25). The molecule has 0 fully saturated rings. The molecular formula is C20H21BrN2O4. The predicted octanol–water partition coefficient (Wildman–Crippen LogP) is 3.48. The molecule has 0 unspecified atom stereocenters. The van der Waals surface area contributed by atoms with Gasteiger partial charge in [0.15, 0.2) is 12.4 Å². The van der Waals surface area contributed by atoms with Crippen LogP contribution in [0, 0.1) is 6.92 Å². The molecule has 2 amide bonds. The van der Waals surface area contributed by atoms with Gasteiger partial charge < -0.3 is 15.4 Å². The van der Waals surface area contributed by atoms with Crippen molar-refractivity contribution in [2.45, 2.75) is 20.3 Å². The molecule has 27 heavy (non-hydrogen) atoms. The molecule has 0 saturated heterocycles. The van der Waals surface area contributed by atoms with Crippen molar-refractivity contribution < 1.29 is 19.1 Å². The third kappa shape index (κ3) is 6.86. The lowest BCUT2D eigenvalue weighted by Crippen LogP contribution is -2.31. The molecule has 0 bridgehead atoms. The molecule has 6 nitrogen and oxygen atoms in total. The molecule has 0 atom stereocenters. The van der Waals surface area contributed by atoms with Crippen molar-refractivity contribution in [1.29, 1.82) is 0 Å². The number of nitrogens with one attached hydrogen (secondary N) is 2. The molecule has 142 valence electrons. The van der Waals surface area contributed by atoms with E-state index in [9.17, 15) is 14.4 Å². The zero-order valence-electron chi connectivity index (χ0n) is 15.2. The van der Waals surface area contributed by atoms with E-state index >= 15 is 0 Å². The first-order chi connectivity index (χ1) is 12.8. The van der Waals surface area contributed by atoms with Crippen LogP contribution in [0.25, 0.3) is 0 Å². The van der Waals surface area contributed by atoms with E-state index < -0.39 is 0 Å². The minimum atomic E-state index is -0.322. The zero-order valence-corrected chi connectivity index (χ0v) is 16.8. The Morgan fingerprint density at radius 3 is 2.41 bits per heavy atom. The average molecular weight is 433 g/mol. The van der Waals surface area contributed by atoms with Gasteiger partial charge in [-0.1, -0.05) is 22.0 Å². The fraction of sp³-hybridized carbons (Fsp3) is 0.250. The number of rotatable bonds is 8. The number of ketones is 1. The molecule has 0 aliphatic rings. The van der Waals surface area contributed by atoms with E-state index in [1.54, 1.807) is 24.3 Å². The van der Waals surface area contributed by atoms with Gasteiger partial charge in [0.1, 0.15) is 5.75 Å². The summed E-state index contributed by atoms with van der Waals surface area (Å²) in [7, 11) is 0. The Kier molecular flexibility index (Phi) is 7.55. The number of carbonyl (C=O) groups excluding carboxylic acids is 3. The van der Waals surface area contributed by atoms with Crippen molar-refractivity contribution in [3.8, 4) is 5.75 Å². The lowest BCUT2D eigenvalue weighted by atomic mass is 10.1. The normalized spacial score (nSPS) is 10.2. The first kappa shape index (κ1) is 20.6. The van der Waals surface area contributed by atoms with Crippen molar-refractivity contribution in [2.75, 3.05) is 18.5 Å². The average Bonchev–Trinajstić information content (AvgIpc) is 2.63. The van der Waals surface area contributed by atoms with Crippen LogP contribution in [0.5, 0.6) is 5.75 Å². The van der Waals surface area contributed by atoms with Gasteiger partial charge in [-0.15, -0.1) is 0 Å². The summed E-state index contributed by atoms with van der Waals surface area (Å²) in [5.41, 5.74) is 2.27. The highest BCUT2D eigenvalue weighted by Crippen LogP contribution is 2.20.